The maximum absolute atomic E-state index is 13.3. The van der Waals surface area contributed by atoms with E-state index < -0.39 is 29.7 Å². The zero-order valence-electron chi connectivity index (χ0n) is 18.5. The second-order valence-electron chi connectivity index (χ2n) is 8.23. The number of ketones is 1. The SMILES string of the molecule is NC(=O)NN(C(=O)C(=O)c1ccccc1)C(CCc1ccccc1)C(=O)NC1CCCCC1. The maximum Gasteiger partial charge on any atom is 0.331 e. The summed E-state index contributed by atoms with van der Waals surface area (Å²) in [5, 5.41) is 3.80. The number of benzene rings is 2. The molecular formula is C25H30N4O4. The van der Waals surface area contributed by atoms with Gasteiger partial charge in [0.25, 0.3) is 5.78 Å². The van der Waals surface area contributed by atoms with E-state index in [9.17, 15) is 19.2 Å². The molecule has 0 heterocycles. The van der Waals surface area contributed by atoms with Gasteiger partial charge in [-0.2, -0.15) is 0 Å². The fourth-order valence-corrected chi connectivity index (χ4v) is 4.08. The van der Waals surface area contributed by atoms with E-state index in [0.717, 1.165) is 42.7 Å². The Morgan fingerprint density at radius 1 is 0.909 bits per heavy atom. The van der Waals surface area contributed by atoms with Crippen molar-refractivity contribution in [3.8, 4) is 0 Å². The van der Waals surface area contributed by atoms with Gasteiger partial charge in [0.05, 0.1) is 0 Å². The first-order valence-corrected chi connectivity index (χ1v) is 11.3. The average Bonchev–Trinajstić information content (AvgIpc) is 2.84. The minimum absolute atomic E-state index is 0.000769. The van der Waals surface area contributed by atoms with Crippen molar-refractivity contribution in [2.45, 2.75) is 57.0 Å². The number of primary amides is 1. The summed E-state index contributed by atoms with van der Waals surface area (Å²) < 4.78 is 0. The van der Waals surface area contributed by atoms with Crippen molar-refractivity contribution in [1.29, 1.82) is 0 Å². The van der Waals surface area contributed by atoms with Crippen LogP contribution in [0.2, 0.25) is 0 Å². The molecule has 4 amide bonds. The molecule has 8 heteroatoms. The Morgan fingerprint density at radius 2 is 1.52 bits per heavy atom. The number of hydrazine groups is 1. The minimum Gasteiger partial charge on any atom is -0.352 e. The fourth-order valence-electron chi connectivity index (χ4n) is 4.08. The number of rotatable bonds is 8. The Balaban J connectivity index is 1.85. The highest BCUT2D eigenvalue weighted by Crippen LogP contribution is 2.19. The molecule has 3 rings (SSSR count). The largest absolute Gasteiger partial charge is 0.352 e. The lowest BCUT2D eigenvalue weighted by Crippen LogP contribution is -2.60. The smallest absolute Gasteiger partial charge is 0.331 e. The van der Waals surface area contributed by atoms with Crippen molar-refractivity contribution in [3.05, 3.63) is 71.8 Å². The van der Waals surface area contributed by atoms with Crippen molar-refractivity contribution in [3.63, 3.8) is 0 Å². The van der Waals surface area contributed by atoms with Crippen LogP contribution in [-0.4, -0.2) is 40.7 Å². The van der Waals surface area contributed by atoms with Crippen LogP contribution < -0.4 is 16.5 Å². The van der Waals surface area contributed by atoms with Crippen molar-refractivity contribution in [2.24, 2.45) is 5.73 Å². The molecule has 1 saturated carbocycles. The molecule has 0 aliphatic heterocycles. The van der Waals surface area contributed by atoms with Gasteiger partial charge in [-0.1, -0.05) is 79.9 Å². The molecule has 0 saturated heterocycles. The number of hydrogen-bond donors (Lipinski definition) is 3. The summed E-state index contributed by atoms with van der Waals surface area (Å²) in [5.74, 6) is -2.27. The van der Waals surface area contributed by atoms with Crippen LogP contribution in [0.1, 0.15) is 54.4 Å². The predicted octanol–water partition coefficient (Wildman–Crippen LogP) is 2.73. The molecule has 1 aliphatic carbocycles. The van der Waals surface area contributed by atoms with E-state index in [2.05, 4.69) is 10.7 Å². The van der Waals surface area contributed by atoms with E-state index in [1.54, 1.807) is 18.2 Å². The van der Waals surface area contributed by atoms with Gasteiger partial charge in [-0.25, -0.2) is 15.2 Å². The molecule has 0 spiro atoms. The molecule has 2 aromatic rings. The van der Waals surface area contributed by atoms with Gasteiger partial charge < -0.3 is 11.1 Å². The quantitative estimate of drug-likeness (QED) is 0.325. The Hall–Kier alpha value is -3.68. The van der Waals surface area contributed by atoms with E-state index in [0.29, 0.717) is 6.42 Å². The zero-order chi connectivity index (χ0) is 23.6. The molecule has 2 aromatic carbocycles. The van der Waals surface area contributed by atoms with E-state index in [1.165, 1.54) is 12.1 Å². The van der Waals surface area contributed by atoms with Gasteiger partial charge in [0, 0.05) is 11.6 Å². The number of carbonyl (C=O) groups is 4. The summed E-state index contributed by atoms with van der Waals surface area (Å²) in [6.07, 6.45) is 5.56. The minimum atomic E-state index is -1.10. The van der Waals surface area contributed by atoms with Gasteiger partial charge >= 0.3 is 11.9 Å². The molecular weight excluding hydrogens is 420 g/mol. The van der Waals surface area contributed by atoms with E-state index in [-0.39, 0.29) is 18.0 Å². The molecule has 0 radical (unpaired) electrons. The van der Waals surface area contributed by atoms with Crippen LogP contribution in [0, 0.1) is 0 Å². The lowest BCUT2D eigenvalue weighted by atomic mass is 9.95. The van der Waals surface area contributed by atoms with E-state index in [1.807, 2.05) is 30.3 Å². The highest BCUT2D eigenvalue weighted by Gasteiger charge is 2.35. The molecule has 1 unspecified atom stereocenters. The zero-order valence-corrected chi connectivity index (χ0v) is 18.5. The number of Topliss-reactive ketones (excluding diaryl/α,β-unsaturated/α-hetero) is 1. The number of urea groups is 1. The number of carbonyl (C=O) groups excluding carboxylic acids is 4. The summed E-state index contributed by atoms with van der Waals surface area (Å²) in [6.45, 7) is 0. The Bertz CT molecular complexity index is 959. The Morgan fingerprint density at radius 3 is 2.12 bits per heavy atom. The lowest BCUT2D eigenvalue weighted by Gasteiger charge is -2.32. The van der Waals surface area contributed by atoms with Gasteiger partial charge in [0.15, 0.2) is 0 Å². The summed E-state index contributed by atoms with van der Waals surface area (Å²) in [7, 11) is 0. The lowest BCUT2D eigenvalue weighted by molar-refractivity contribution is -0.140. The predicted molar refractivity (Wildman–Crippen MR) is 124 cm³/mol. The number of nitrogens with one attached hydrogen (secondary N) is 2. The summed E-state index contributed by atoms with van der Waals surface area (Å²) in [6, 6.07) is 15.4. The second-order valence-corrected chi connectivity index (χ2v) is 8.23. The topological polar surface area (TPSA) is 122 Å². The van der Waals surface area contributed by atoms with Crippen LogP contribution >= 0.6 is 0 Å². The number of amides is 4. The number of hydrogen-bond acceptors (Lipinski definition) is 4. The third-order valence-electron chi connectivity index (χ3n) is 5.79. The van der Waals surface area contributed by atoms with Crippen molar-refractivity contribution in [2.75, 3.05) is 0 Å². The summed E-state index contributed by atoms with van der Waals surface area (Å²) >= 11 is 0. The van der Waals surface area contributed by atoms with Gasteiger partial charge in [-0.3, -0.25) is 14.4 Å². The molecule has 1 atom stereocenters. The third-order valence-corrected chi connectivity index (χ3v) is 5.79. The summed E-state index contributed by atoms with van der Waals surface area (Å²) in [4.78, 5) is 51.0. The third kappa shape index (κ3) is 6.90. The monoisotopic (exact) mass is 450 g/mol. The number of nitrogens with two attached hydrogens (primary N) is 1. The van der Waals surface area contributed by atoms with E-state index in [4.69, 9.17) is 5.73 Å². The molecule has 4 N–H and O–H groups in total. The van der Waals surface area contributed by atoms with Crippen LogP contribution in [-0.2, 0) is 16.0 Å². The average molecular weight is 451 g/mol. The summed E-state index contributed by atoms with van der Waals surface area (Å²) in [5.41, 5.74) is 8.67. The molecule has 33 heavy (non-hydrogen) atoms. The molecule has 8 nitrogen and oxygen atoms in total. The standard InChI is InChI=1S/C25H30N4O4/c26-25(33)28-29(24(32)22(30)19-12-6-2-7-13-19)21(17-16-18-10-4-1-5-11-18)23(31)27-20-14-8-3-9-15-20/h1-2,4-7,10-13,20-21H,3,8-9,14-17H2,(H,27,31)(H3,26,28,33). The van der Waals surface area contributed by atoms with E-state index >= 15 is 0 Å². The molecule has 0 bridgehead atoms. The van der Waals surface area contributed by atoms with Crippen molar-refractivity contribution in [1.82, 2.24) is 15.8 Å². The Kier molecular flexibility index (Phi) is 8.57. The maximum atomic E-state index is 13.3. The highest BCUT2D eigenvalue weighted by molar-refractivity contribution is 6.43. The first kappa shape index (κ1) is 24.0. The van der Waals surface area contributed by atoms with Gasteiger partial charge in [0.2, 0.25) is 5.91 Å². The fraction of sp³-hybridized carbons (Fsp3) is 0.360. The van der Waals surface area contributed by atoms with Gasteiger partial charge in [-0.05, 0) is 31.2 Å². The molecule has 174 valence electrons. The first-order valence-electron chi connectivity index (χ1n) is 11.3. The van der Waals surface area contributed by atoms with Crippen LogP contribution in [0.3, 0.4) is 0 Å². The number of aryl methyl sites for hydroxylation is 1. The van der Waals surface area contributed by atoms with Crippen LogP contribution in [0.5, 0.6) is 0 Å². The molecule has 1 fully saturated rings. The van der Waals surface area contributed by atoms with Crippen LogP contribution in [0.25, 0.3) is 0 Å². The van der Waals surface area contributed by atoms with Crippen LogP contribution in [0.4, 0.5) is 4.79 Å². The molecule has 0 aromatic heterocycles. The Labute approximate surface area is 193 Å². The van der Waals surface area contributed by atoms with Crippen molar-refractivity contribution < 1.29 is 19.2 Å². The molecule has 1 aliphatic rings. The van der Waals surface area contributed by atoms with Gasteiger partial charge in [-0.15, -0.1) is 0 Å². The highest BCUT2D eigenvalue weighted by atomic mass is 16.2. The second kappa shape index (κ2) is 11.8. The van der Waals surface area contributed by atoms with Crippen molar-refractivity contribution >= 4 is 23.6 Å². The van der Waals surface area contributed by atoms with Gasteiger partial charge in [0.1, 0.15) is 6.04 Å². The number of nitrogens with zero attached hydrogens (tertiary/aromatic N) is 1. The van der Waals surface area contributed by atoms with Crippen LogP contribution in [0.15, 0.2) is 60.7 Å². The normalized spacial score (nSPS) is 14.7. The first-order chi connectivity index (χ1) is 16.0.